The zero-order valence-corrected chi connectivity index (χ0v) is 24.4. The molecule has 0 N–H and O–H groups in total. The average Bonchev–Trinajstić information content (AvgIpc) is 3.26. The molecule has 0 fully saturated rings. The van der Waals surface area contributed by atoms with E-state index in [9.17, 15) is 24.8 Å². The van der Waals surface area contributed by atoms with Crippen molar-refractivity contribution in [3.63, 3.8) is 0 Å². The molecule has 42 heavy (non-hydrogen) atoms. The van der Waals surface area contributed by atoms with E-state index in [0.717, 1.165) is 9.58 Å². The number of carbonyl (C=O) groups excluding carboxylic acids is 2. The standard InChI is InChI=1S/C30H21Cl3N4O5/c1-3-42-30(41)25-21(29(40)37(35-25)26-23(32)14-18(31)15-24(26)33)13-9-5-8-12-20-17(2)22(16-34)28(39)36(27(20)38)19-10-6-4-7-11-19/h4-15,38H,3H2,1-2H3/p-1/b9-5+,12-8+,21-13-. The Kier molecular flexibility index (Phi) is 9.33. The van der Waals surface area contributed by atoms with Gasteiger partial charge in [-0.2, -0.15) is 15.4 Å². The van der Waals surface area contributed by atoms with E-state index in [-0.39, 0.29) is 55.3 Å². The van der Waals surface area contributed by atoms with E-state index < -0.39 is 23.3 Å². The molecule has 3 aromatic rings. The lowest BCUT2D eigenvalue weighted by Gasteiger charge is -2.22. The van der Waals surface area contributed by atoms with Gasteiger partial charge in [0, 0.05) is 10.7 Å². The van der Waals surface area contributed by atoms with Crippen LogP contribution >= 0.6 is 34.8 Å². The zero-order chi connectivity index (χ0) is 30.6. The Labute approximate surface area is 255 Å². The largest absolute Gasteiger partial charge is 0.859 e. The van der Waals surface area contributed by atoms with Crippen LogP contribution in [0.25, 0.3) is 11.8 Å². The lowest BCUT2D eigenvalue weighted by Crippen LogP contribution is -2.26. The summed E-state index contributed by atoms with van der Waals surface area (Å²) in [6, 6.07) is 12.9. The number of hydrazone groups is 1. The summed E-state index contributed by atoms with van der Waals surface area (Å²) in [6.45, 7) is 3.18. The van der Waals surface area contributed by atoms with E-state index in [1.54, 1.807) is 37.3 Å². The van der Waals surface area contributed by atoms with Gasteiger partial charge in [-0.3, -0.25) is 14.2 Å². The minimum Gasteiger partial charge on any atom is -0.859 e. The van der Waals surface area contributed by atoms with E-state index >= 15 is 0 Å². The minimum absolute atomic E-state index is 0.0436. The molecule has 0 radical (unpaired) electrons. The number of nitrogens with zero attached hydrogens (tertiary/aromatic N) is 4. The number of hydrogen-bond acceptors (Lipinski definition) is 7. The van der Waals surface area contributed by atoms with Crippen molar-refractivity contribution in [2.24, 2.45) is 5.10 Å². The molecule has 0 bridgehead atoms. The monoisotopic (exact) mass is 621 g/mol. The zero-order valence-electron chi connectivity index (χ0n) is 22.1. The van der Waals surface area contributed by atoms with Crippen LogP contribution < -0.4 is 15.7 Å². The molecular formula is C30H20Cl3N4O5-. The number of para-hydroxylation sites is 1. The topological polar surface area (TPSA) is 128 Å². The molecule has 9 nitrogen and oxygen atoms in total. The molecule has 2 aromatic carbocycles. The molecule has 0 saturated heterocycles. The fraction of sp³-hybridized carbons (Fsp3) is 0.100. The van der Waals surface area contributed by atoms with Gasteiger partial charge in [-0.15, -0.1) is 0 Å². The third-order valence-electron chi connectivity index (χ3n) is 6.04. The maximum absolute atomic E-state index is 13.3. The quantitative estimate of drug-likeness (QED) is 0.194. The van der Waals surface area contributed by atoms with Crippen molar-refractivity contribution in [2.75, 3.05) is 11.6 Å². The van der Waals surface area contributed by atoms with Crippen molar-refractivity contribution in [3.05, 3.63) is 114 Å². The summed E-state index contributed by atoms with van der Waals surface area (Å²) in [7, 11) is 0. The summed E-state index contributed by atoms with van der Waals surface area (Å²) >= 11 is 18.5. The van der Waals surface area contributed by atoms with Crippen molar-refractivity contribution >= 4 is 64.2 Å². The SMILES string of the molecule is CCOC(=O)C1=NN(c2c(Cl)cc(Cl)cc2Cl)C(=O)\C1=C/C=C/C=C/c1c(C)c(C#N)c(=O)n(-c2ccccc2)c1[O-]. The molecule has 12 heteroatoms. The van der Waals surface area contributed by atoms with Gasteiger partial charge in [-0.05, 0) is 61.2 Å². The lowest BCUT2D eigenvalue weighted by atomic mass is 10.0. The highest BCUT2D eigenvalue weighted by atomic mass is 35.5. The highest BCUT2D eigenvalue weighted by Crippen LogP contribution is 2.39. The first-order chi connectivity index (χ1) is 20.1. The van der Waals surface area contributed by atoms with Gasteiger partial charge in [0.25, 0.3) is 11.5 Å². The van der Waals surface area contributed by atoms with Crippen LogP contribution in [0.2, 0.25) is 15.1 Å². The maximum atomic E-state index is 13.3. The van der Waals surface area contributed by atoms with Crippen molar-refractivity contribution in [2.45, 2.75) is 13.8 Å². The van der Waals surface area contributed by atoms with Crippen LogP contribution in [0.15, 0.2) is 82.2 Å². The summed E-state index contributed by atoms with van der Waals surface area (Å²) in [4.78, 5) is 38.7. The number of nitriles is 1. The lowest BCUT2D eigenvalue weighted by molar-refractivity contribution is -0.278. The van der Waals surface area contributed by atoms with Gasteiger partial charge < -0.3 is 9.84 Å². The smallest absolute Gasteiger partial charge is 0.359 e. The summed E-state index contributed by atoms with van der Waals surface area (Å²) in [5.74, 6) is -2.12. The van der Waals surface area contributed by atoms with Crippen LogP contribution in [-0.4, -0.2) is 28.8 Å². The number of amides is 1. The van der Waals surface area contributed by atoms with Gasteiger partial charge in [0.15, 0.2) is 5.71 Å². The Morgan fingerprint density at radius 1 is 1.10 bits per heavy atom. The Bertz CT molecular complexity index is 1800. The number of hydrogen-bond donors (Lipinski definition) is 0. The van der Waals surface area contributed by atoms with E-state index in [4.69, 9.17) is 39.5 Å². The third kappa shape index (κ3) is 5.87. The number of anilines is 1. The molecule has 0 atom stereocenters. The van der Waals surface area contributed by atoms with E-state index in [1.807, 2.05) is 6.07 Å². The van der Waals surface area contributed by atoms with Gasteiger partial charge >= 0.3 is 5.97 Å². The molecule has 0 saturated carbocycles. The van der Waals surface area contributed by atoms with Gasteiger partial charge in [-0.25, -0.2) is 4.79 Å². The summed E-state index contributed by atoms with van der Waals surface area (Å²) in [5, 5.41) is 28.2. The number of carbonyl (C=O) groups is 2. The molecule has 1 aliphatic heterocycles. The van der Waals surface area contributed by atoms with E-state index in [2.05, 4.69) is 5.10 Å². The van der Waals surface area contributed by atoms with Gasteiger partial charge in [0.05, 0.1) is 22.2 Å². The average molecular weight is 623 g/mol. The molecule has 2 heterocycles. The summed E-state index contributed by atoms with van der Waals surface area (Å²) < 4.78 is 6.00. The van der Waals surface area contributed by atoms with Crippen molar-refractivity contribution < 1.29 is 19.4 Å². The van der Waals surface area contributed by atoms with Crippen molar-refractivity contribution in [1.29, 1.82) is 5.26 Å². The van der Waals surface area contributed by atoms with Crippen LogP contribution in [0, 0.1) is 18.3 Å². The molecule has 1 amide bonds. The second-order valence-electron chi connectivity index (χ2n) is 8.64. The number of esters is 1. The number of benzene rings is 2. The Balaban J connectivity index is 1.70. The predicted octanol–water partition coefficient (Wildman–Crippen LogP) is 5.51. The normalized spacial score (nSPS) is 14.2. The van der Waals surface area contributed by atoms with E-state index in [1.165, 1.54) is 49.4 Å². The number of ether oxygens (including phenoxy) is 1. The molecule has 0 aliphatic carbocycles. The second kappa shape index (κ2) is 12.9. The molecule has 4 rings (SSSR count). The molecule has 212 valence electrons. The summed E-state index contributed by atoms with van der Waals surface area (Å²) in [6.07, 6.45) is 7.23. The van der Waals surface area contributed by atoms with Crippen molar-refractivity contribution in [3.8, 4) is 17.6 Å². The number of rotatable bonds is 7. The van der Waals surface area contributed by atoms with Gasteiger partial charge in [-0.1, -0.05) is 77.3 Å². The van der Waals surface area contributed by atoms with Gasteiger partial charge in [0.2, 0.25) is 0 Å². The first-order valence-corrected chi connectivity index (χ1v) is 13.5. The van der Waals surface area contributed by atoms with Crippen LogP contribution in [0.5, 0.6) is 5.88 Å². The molecule has 1 aliphatic rings. The Hall–Kier alpha value is -4.62. The summed E-state index contributed by atoms with van der Waals surface area (Å²) in [5.41, 5.74) is -0.477. The number of pyridine rings is 1. The Morgan fingerprint density at radius 2 is 1.76 bits per heavy atom. The van der Waals surface area contributed by atoms with Crippen LogP contribution in [0.3, 0.4) is 0 Å². The minimum atomic E-state index is -0.830. The fourth-order valence-corrected chi connectivity index (χ4v) is 5.07. The fourth-order valence-electron chi connectivity index (χ4n) is 4.09. The molecule has 0 spiro atoms. The Morgan fingerprint density at radius 3 is 2.38 bits per heavy atom. The molecular weight excluding hydrogens is 603 g/mol. The van der Waals surface area contributed by atoms with Crippen LogP contribution in [0.4, 0.5) is 5.69 Å². The molecule has 1 aromatic heterocycles. The molecule has 0 unspecified atom stereocenters. The highest BCUT2D eigenvalue weighted by molar-refractivity contribution is 6.54. The number of aromatic nitrogens is 1. The van der Waals surface area contributed by atoms with Crippen LogP contribution in [-0.2, 0) is 14.3 Å². The van der Waals surface area contributed by atoms with Crippen LogP contribution in [0.1, 0.15) is 23.6 Å². The first kappa shape index (κ1) is 30.3. The highest BCUT2D eigenvalue weighted by Gasteiger charge is 2.37. The maximum Gasteiger partial charge on any atom is 0.359 e. The number of halogens is 3. The number of allylic oxidation sites excluding steroid dienone is 4. The van der Waals surface area contributed by atoms with Crippen molar-refractivity contribution in [1.82, 2.24) is 4.57 Å². The van der Waals surface area contributed by atoms with Gasteiger partial charge in [0.1, 0.15) is 17.3 Å². The second-order valence-corrected chi connectivity index (χ2v) is 9.89. The van der Waals surface area contributed by atoms with E-state index in [0.29, 0.717) is 5.69 Å². The predicted molar refractivity (Wildman–Crippen MR) is 160 cm³/mol. The third-order valence-corrected chi connectivity index (χ3v) is 6.84. The first-order valence-electron chi connectivity index (χ1n) is 12.3.